The van der Waals surface area contributed by atoms with E-state index in [1.54, 1.807) is 16.2 Å². The first-order valence-electron chi connectivity index (χ1n) is 6.01. The van der Waals surface area contributed by atoms with Gasteiger partial charge in [-0.25, -0.2) is 4.98 Å². The Kier molecular flexibility index (Phi) is 4.21. The first-order chi connectivity index (χ1) is 8.99. The van der Waals surface area contributed by atoms with Crippen LogP contribution in [0.5, 0.6) is 0 Å². The summed E-state index contributed by atoms with van der Waals surface area (Å²) in [5, 5.41) is 2.50. The molecule has 0 fully saturated rings. The van der Waals surface area contributed by atoms with Crippen molar-refractivity contribution >= 4 is 33.7 Å². The summed E-state index contributed by atoms with van der Waals surface area (Å²) in [5.74, 6) is -0.00393. The number of nitrogens with two attached hydrogens (primary N) is 1. The molecule has 2 aromatic heterocycles. The lowest BCUT2D eigenvalue weighted by Gasteiger charge is -2.24. The summed E-state index contributed by atoms with van der Waals surface area (Å²) in [5.41, 5.74) is 6.35. The van der Waals surface area contributed by atoms with E-state index in [1.165, 1.54) is 16.2 Å². The van der Waals surface area contributed by atoms with Crippen molar-refractivity contribution in [3.63, 3.8) is 0 Å². The number of hydrogen-bond acceptors (Lipinski definition) is 5. The molecule has 1 amide bonds. The molecular formula is C13H17N3OS2. The molecule has 0 aliphatic heterocycles. The van der Waals surface area contributed by atoms with Crippen LogP contribution in [0, 0.1) is 6.92 Å². The molecule has 2 heterocycles. The molecule has 0 aliphatic rings. The zero-order valence-electron chi connectivity index (χ0n) is 11.2. The van der Waals surface area contributed by atoms with Gasteiger partial charge >= 0.3 is 0 Å². The largest absolute Gasteiger partial charge is 0.375 e. The fourth-order valence-electron chi connectivity index (χ4n) is 1.83. The van der Waals surface area contributed by atoms with Crippen LogP contribution in [-0.4, -0.2) is 28.9 Å². The quantitative estimate of drug-likeness (QED) is 0.943. The van der Waals surface area contributed by atoms with Crippen molar-refractivity contribution in [2.24, 2.45) is 0 Å². The first-order valence-corrected chi connectivity index (χ1v) is 7.71. The van der Waals surface area contributed by atoms with E-state index in [0.29, 0.717) is 15.7 Å². The first kappa shape index (κ1) is 14.0. The monoisotopic (exact) mass is 295 g/mol. The van der Waals surface area contributed by atoms with Crippen molar-refractivity contribution in [2.45, 2.75) is 26.3 Å². The number of nitrogen functional groups attached to an aromatic ring is 1. The van der Waals surface area contributed by atoms with Gasteiger partial charge in [-0.05, 0) is 25.3 Å². The van der Waals surface area contributed by atoms with Gasteiger partial charge in [-0.15, -0.1) is 11.3 Å². The lowest BCUT2D eigenvalue weighted by molar-refractivity contribution is 0.0748. The Morgan fingerprint density at radius 3 is 2.84 bits per heavy atom. The molecule has 19 heavy (non-hydrogen) atoms. The van der Waals surface area contributed by atoms with E-state index in [-0.39, 0.29) is 11.9 Å². The van der Waals surface area contributed by atoms with Crippen LogP contribution in [0.15, 0.2) is 17.5 Å². The minimum Gasteiger partial charge on any atom is -0.375 e. The molecule has 4 nitrogen and oxygen atoms in total. The molecule has 0 aromatic carbocycles. The number of nitrogens with zero attached hydrogens (tertiary/aromatic N) is 2. The molecule has 0 aliphatic carbocycles. The van der Waals surface area contributed by atoms with Crippen LogP contribution < -0.4 is 5.73 Å². The van der Waals surface area contributed by atoms with Crippen molar-refractivity contribution < 1.29 is 4.79 Å². The number of amides is 1. The Balaban J connectivity index is 2.08. The highest BCUT2D eigenvalue weighted by molar-refractivity contribution is 7.17. The molecule has 0 saturated carbocycles. The standard InChI is InChI=1S/C13H17N3OS2/c1-8(7-10-5-4-6-18-10)16(3)12(17)11-9(2)15-13(14)19-11/h4-6,8H,7H2,1-3H3,(H2,14,15). The SMILES string of the molecule is Cc1nc(N)sc1C(=O)N(C)C(C)Cc1cccs1. The second-order valence-electron chi connectivity index (χ2n) is 4.52. The zero-order chi connectivity index (χ0) is 14.0. The van der Waals surface area contributed by atoms with Gasteiger partial charge in [0.05, 0.1) is 5.69 Å². The summed E-state index contributed by atoms with van der Waals surface area (Å²) in [6.45, 7) is 3.87. The predicted molar refractivity (Wildman–Crippen MR) is 80.8 cm³/mol. The smallest absolute Gasteiger partial charge is 0.265 e. The number of aromatic nitrogens is 1. The molecule has 0 saturated heterocycles. The molecular weight excluding hydrogens is 278 g/mol. The minimum absolute atomic E-state index is 0.00393. The molecule has 2 aromatic rings. The van der Waals surface area contributed by atoms with Crippen LogP contribution in [0.2, 0.25) is 0 Å². The van der Waals surface area contributed by atoms with Crippen LogP contribution in [-0.2, 0) is 6.42 Å². The molecule has 2 N–H and O–H groups in total. The van der Waals surface area contributed by atoms with E-state index < -0.39 is 0 Å². The van der Waals surface area contributed by atoms with E-state index in [2.05, 4.69) is 23.4 Å². The van der Waals surface area contributed by atoms with Gasteiger partial charge in [0.2, 0.25) is 0 Å². The average molecular weight is 295 g/mol. The summed E-state index contributed by atoms with van der Waals surface area (Å²) in [7, 11) is 1.83. The number of carbonyl (C=O) groups excluding carboxylic acids is 1. The Hall–Kier alpha value is -1.40. The Morgan fingerprint density at radius 1 is 1.58 bits per heavy atom. The zero-order valence-corrected chi connectivity index (χ0v) is 12.8. The third-order valence-electron chi connectivity index (χ3n) is 3.07. The lowest BCUT2D eigenvalue weighted by atomic mass is 10.2. The van der Waals surface area contributed by atoms with Crippen LogP contribution in [0.1, 0.15) is 27.2 Å². The van der Waals surface area contributed by atoms with Crippen molar-refractivity contribution in [3.8, 4) is 0 Å². The molecule has 6 heteroatoms. The number of thiazole rings is 1. The Morgan fingerprint density at radius 2 is 2.32 bits per heavy atom. The highest BCUT2D eigenvalue weighted by Gasteiger charge is 2.22. The molecule has 1 unspecified atom stereocenters. The van der Waals surface area contributed by atoms with Gasteiger partial charge in [0.1, 0.15) is 4.88 Å². The van der Waals surface area contributed by atoms with Crippen LogP contribution >= 0.6 is 22.7 Å². The fraction of sp³-hybridized carbons (Fsp3) is 0.385. The summed E-state index contributed by atoms with van der Waals surface area (Å²) in [4.78, 5) is 20.2. The topological polar surface area (TPSA) is 59.2 Å². The molecule has 0 spiro atoms. The van der Waals surface area contributed by atoms with E-state index >= 15 is 0 Å². The van der Waals surface area contributed by atoms with E-state index in [4.69, 9.17) is 5.73 Å². The van der Waals surface area contributed by atoms with Gasteiger partial charge in [0.25, 0.3) is 5.91 Å². The van der Waals surface area contributed by atoms with Crippen molar-refractivity contribution in [1.82, 2.24) is 9.88 Å². The molecule has 1 atom stereocenters. The van der Waals surface area contributed by atoms with Gasteiger partial charge in [-0.3, -0.25) is 4.79 Å². The molecule has 0 radical (unpaired) electrons. The third kappa shape index (κ3) is 3.13. The summed E-state index contributed by atoms with van der Waals surface area (Å²) < 4.78 is 0. The normalized spacial score (nSPS) is 12.4. The van der Waals surface area contributed by atoms with Gasteiger partial charge < -0.3 is 10.6 Å². The molecule has 0 bridgehead atoms. The number of hydrogen-bond donors (Lipinski definition) is 1. The highest BCUT2D eigenvalue weighted by atomic mass is 32.1. The number of anilines is 1. The summed E-state index contributed by atoms with van der Waals surface area (Å²) in [6.07, 6.45) is 0.868. The lowest BCUT2D eigenvalue weighted by Crippen LogP contribution is -2.36. The maximum atomic E-state index is 12.4. The van der Waals surface area contributed by atoms with Gasteiger partial charge in [-0.1, -0.05) is 17.4 Å². The van der Waals surface area contributed by atoms with Crippen molar-refractivity contribution in [2.75, 3.05) is 12.8 Å². The molecule has 2 rings (SSSR count). The van der Waals surface area contributed by atoms with Gasteiger partial charge in [0, 0.05) is 24.4 Å². The minimum atomic E-state index is -0.00393. The van der Waals surface area contributed by atoms with Gasteiger partial charge in [-0.2, -0.15) is 0 Å². The Labute approximate surface area is 120 Å². The van der Waals surface area contributed by atoms with Crippen LogP contribution in [0.4, 0.5) is 5.13 Å². The van der Waals surface area contributed by atoms with Crippen LogP contribution in [0.3, 0.4) is 0 Å². The predicted octanol–water partition coefficient (Wildman–Crippen LogP) is 2.80. The fourth-order valence-corrected chi connectivity index (χ4v) is 3.48. The third-order valence-corrected chi connectivity index (χ3v) is 4.94. The maximum Gasteiger partial charge on any atom is 0.265 e. The highest BCUT2D eigenvalue weighted by Crippen LogP contribution is 2.22. The summed E-state index contributed by atoms with van der Waals surface area (Å²) >= 11 is 2.97. The van der Waals surface area contributed by atoms with Gasteiger partial charge in [0.15, 0.2) is 5.13 Å². The van der Waals surface area contributed by atoms with E-state index in [1.807, 2.05) is 20.0 Å². The average Bonchev–Trinajstić information content (AvgIpc) is 2.97. The number of likely N-dealkylation sites (N-methyl/N-ethyl adjacent to an activating group) is 1. The Bertz CT molecular complexity index is 562. The second-order valence-corrected chi connectivity index (χ2v) is 6.58. The number of aryl methyl sites for hydroxylation is 1. The maximum absolute atomic E-state index is 12.4. The van der Waals surface area contributed by atoms with E-state index in [9.17, 15) is 4.79 Å². The number of thiophene rings is 1. The summed E-state index contributed by atoms with van der Waals surface area (Å²) in [6, 6.07) is 4.27. The van der Waals surface area contributed by atoms with Crippen molar-refractivity contribution in [1.29, 1.82) is 0 Å². The second kappa shape index (κ2) is 5.71. The molecule has 102 valence electrons. The van der Waals surface area contributed by atoms with Crippen LogP contribution in [0.25, 0.3) is 0 Å². The number of rotatable bonds is 4. The van der Waals surface area contributed by atoms with E-state index in [0.717, 1.165) is 6.42 Å². The number of carbonyl (C=O) groups is 1. The van der Waals surface area contributed by atoms with Crippen molar-refractivity contribution in [3.05, 3.63) is 33.0 Å².